The maximum Gasteiger partial charge on any atom is 0.107 e. The summed E-state index contributed by atoms with van der Waals surface area (Å²) >= 11 is 0. The van der Waals surface area contributed by atoms with E-state index in [2.05, 4.69) is 56.0 Å². The highest BCUT2D eigenvalue weighted by Crippen LogP contribution is 2.69. The molecule has 0 fully saturated rings. The number of pyridine rings is 1. The van der Waals surface area contributed by atoms with Gasteiger partial charge in [-0.15, -0.1) is 0 Å². The largest absolute Gasteiger partial charge is 0.251 e. The van der Waals surface area contributed by atoms with Crippen molar-refractivity contribution in [2.75, 3.05) is 6.26 Å². The molecule has 96 valence electrons. The molecule has 0 amide bonds. The third kappa shape index (κ3) is 1.93. The molecule has 2 aromatic rings. The van der Waals surface area contributed by atoms with Crippen molar-refractivity contribution in [3.63, 3.8) is 0 Å². The van der Waals surface area contributed by atoms with Gasteiger partial charge >= 0.3 is 0 Å². The molecular formula is C16H18BNS. The minimum Gasteiger partial charge on any atom is -0.251 e. The molecule has 1 nitrogen and oxygen atoms in total. The van der Waals surface area contributed by atoms with Gasteiger partial charge in [-0.25, -0.2) is 0 Å². The zero-order valence-electron chi connectivity index (χ0n) is 11.5. The van der Waals surface area contributed by atoms with Crippen LogP contribution in [0.15, 0.2) is 59.1 Å². The zero-order valence-corrected chi connectivity index (χ0v) is 12.3. The average molecular weight is 267 g/mol. The maximum absolute atomic E-state index is 4.59. The number of nitrogens with zero attached hydrogens (tertiary/aromatic N) is 1. The SMILES string of the molecule is BCC(=C)c1ccc(S2(C)Cc3cccnc32)cc1. The summed E-state index contributed by atoms with van der Waals surface area (Å²) in [6, 6.07) is 13.2. The Hall–Kier alpha value is -1.48. The molecule has 0 radical (unpaired) electrons. The van der Waals surface area contributed by atoms with Crippen molar-refractivity contribution in [1.82, 2.24) is 4.98 Å². The summed E-state index contributed by atoms with van der Waals surface area (Å²) < 4.78 is 0. The van der Waals surface area contributed by atoms with Crippen LogP contribution in [0.3, 0.4) is 0 Å². The smallest absolute Gasteiger partial charge is 0.107 e. The van der Waals surface area contributed by atoms with Gasteiger partial charge in [0.2, 0.25) is 0 Å². The summed E-state index contributed by atoms with van der Waals surface area (Å²) in [6.45, 7) is 4.10. The van der Waals surface area contributed by atoms with E-state index in [1.165, 1.54) is 32.4 Å². The van der Waals surface area contributed by atoms with Gasteiger partial charge in [0.15, 0.2) is 0 Å². The lowest BCUT2D eigenvalue weighted by Gasteiger charge is -2.45. The molecule has 0 N–H and O–H groups in total. The predicted octanol–water partition coefficient (Wildman–Crippen LogP) is 3.51. The molecule has 1 aliphatic rings. The van der Waals surface area contributed by atoms with Crippen LogP contribution >= 0.6 is 10.0 Å². The number of hydrogen-bond acceptors (Lipinski definition) is 1. The second kappa shape index (κ2) is 4.57. The van der Waals surface area contributed by atoms with Crippen LogP contribution in [-0.4, -0.2) is 19.1 Å². The molecule has 1 aliphatic heterocycles. The van der Waals surface area contributed by atoms with Crippen molar-refractivity contribution >= 4 is 23.4 Å². The number of rotatable bonds is 3. The summed E-state index contributed by atoms with van der Waals surface area (Å²) in [5, 5.41) is 1.32. The van der Waals surface area contributed by atoms with Crippen LogP contribution in [0.4, 0.5) is 0 Å². The number of fused-ring (bicyclic) bond motifs is 1. The first kappa shape index (κ1) is 12.6. The first-order valence-electron chi connectivity index (χ1n) is 6.63. The van der Waals surface area contributed by atoms with Crippen LogP contribution in [0.5, 0.6) is 0 Å². The molecule has 0 bridgehead atoms. The molecule has 0 spiro atoms. The predicted molar refractivity (Wildman–Crippen MR) is 86.8 cm³/mol. The highest BCUT2D eigenvalue weighted by Gasteiger charge is 2.36. The van der Waals surface area contributed by atoms with E-state index in [0.717, 1.165) is 6.32 Å². The van der Waals surface area contributed by atoms with Gasteiger partial charge in [0, 0.05) is 11.9 Å². The Morgan fingerprint density at radius 1 is 1.32 bits per heavy atom. The van der Waals surface area contributed by atoms with Crippen molar-refractivity contribution in [3.8, 4) is 0 Å². The Kier molecular flexibility index (Phi) is 3.02. The molecule has 3 rings (SSSR count). The molecule has 1 aromatic heterocycles. The summed E-state index contributed by atoms with van der Waals surface area (Å²) in [6.07, 6.45) is 5.29. The number of allylic oxidation sites excluding steroid dienone is 1. The van der Waals surface area contributed by atoms with Gasteiger partial charge in [0.05, 0.1) is 5.03 Å². The summed E-state index contributed by atoms with van der Waals surface area (Å²) in [5.41, 5.74) is 3.88. The highest BCUT2D eigenvalue weighted by atomic mass is 32.3. The van der Waals surface area contributed by atoms with Crippen molar-refractivity contribution in [2.45, 2.75) is 22.0 Å². The topological polar surface area (TPSA) is 12.9 Å². The Bertz CT molecular complexity index is 635. The number of benzene rings is 1. The quantitative estimate of drug-likeness (QED) is 0.775. The van der Waals surface area contributed by atoms with Crippen molar-refractivity contribution in [1.29, 1.82) is 0 Å². The number of aromatic nitrogens is 1. The lowest BCUT2D eigenvalue weighted by Crippen LogP contribution is -2.17. The van der Waals surface area contributed by atoms with E-state index in [1.54, 1.807) is 0 Å². The molecule has 1 aromatic carbocycles. The molecule has 0 saturated heterocycles. The van der Waals surface area contributed by atoms with Gasteiger partial charge < -0.3 is 0 Å². The first-order valence-corrected chi connectivity index (χ1v) is 8.84. The Morgan fingerprint density at radius 3 is 2.68 bits per heavy atom. The minimum atomic E-state index is -0.867. The minimum absolute atomic E-state index is 0.867. The van der Waals surface area contributed by atoms with Gasteiger partial charge in [-0.2, -0.15) is 10.0 Å². The Balaban J connectivity index is 1.95. The van der Waals surface area contributed by atoms with Crippen molar-refractivity contribution < 1.29 is 0 Å². The third-order valence-electron chi connectivity index (χ3n) is 3.93. The van der Waals surface area contributed by atoms with Gasteiger partial charge in [-0.3, -0.25) is 4.98 Å². The second-order valence-electron chi connectivity index (χ2n) is 5.18. The van der Waals surface area contributed by atoms with Gasteiger partial charge in [-0.05, 0) is 40.5 Å². The van der Waals surface area contributed by atoms with Crippen molar-refractivity contribution in [3.05, 3.63) is 60.3 Å². The molecule has 19 heavy (non-hydrogen) atoms. The molecule has 0 aliphatic carbocycles. The molecular weight excluding hydrogens is 249 g/mol. The molecule has 0 saturated carbocycles. The monoisotopic (exact) mass is 267 g/mol. The van der Waals surface area contributed by atoms with Crippen LogP contribution in [0.25, 0.3) is 5.57 Å². The van der Waals surface area contributed by atoms with E-state index in [-0.39, 0.29) is 0 Å². The maximum atomic E-state index is 4.59. The summed E-state index contributed by atoms with van der Waals surface area (Å²) in [5.74, 6) is 1.17. The summed E-state index contributed by atoms with van der Waals surface area (Å²) in [4.78, 5) is 6.02. The lowest BCUT2D eigenvalue weighted by molar-refractivity contribution is 0.986. The summed E-state index contributed by atoms with van der Waals surface area (Å²) in [7, 11) is 1.28. The molecule has 1 atom stereocenters. The van der Waals surface area contributed by atoms with E-state index in [9.17, 15) is 0 Å². The van der Waals surface area contributed by atoms with Crippen molar-refractivity contribution in [2.24, 2.45) is 0 Å². The van der Waals surface area contributed by atoms with E-state index in [1.807, 2.05) is 12.3 Å². The Labute approximate surface area is 117 Å². The fourth-order valence-electron chi connectivity index (χ4n) is 2.63. The van der Waals surface area contributed by atoms with E-state index in [0.29, 0.717) is 0 Å². The fraction of sp³-hybridized carbons (Fsp3) is 0.188. The lowest BCUT2D eigenvalue weighted by atomic mass is 9.93. The third-order valence-corrected chi connectivity index (χ3v) is 7.35. The fourth-order valence-corrected chi connectivity index (χ4v) is 5.51. The van der Waals surface area contributed by atoms with E-state index >= 15 is 0 Å². The standard InChI is InChI=1S/C16H18BNS/c1-12(10-17)13-5-7-15(8-6-13)19(2)11-14-4-3-9-18-16(14)19/h3-9H,1,10-11,17H2,2H3. The zero-order chi connectivity index (χ0) is 13.5. The number of hydrogen-bond donors (Lipinski definition) is 0. The van der Waals surface area contributed by atoms with Crippen LogP contribution in [0, 0.1) is 0 Å². The second-order valence-corrected chi connectivity index (χ2v) is 8.50. The average Bonchev–Trinajstić information content (AvgIpc) is 2.45. The van der Waals surface area contributed by atoms with E-state index < -0.39 is 10.0 Å². The van der Waals surface area contributed by atoms with Gasteiger partial charge in [0.25, 0.3) is 0 Å². The molecule has 1 unspecified atom stereocenters. The molecule has 2 heterocycles. The van der Waals surface area contributed by atoms with Crippen LogP contribution in [0.1, 0.15) is 11.1 Å². The normalized spacial score (nSPS) is 23.8. The highest BCUT2D eigenvalue weighted by molar-refractivity contribution is 8.33. The van der Waals surface area contributed by atoms with Crippen LogP contribution in [-0.2, 0) is 5.75 Å². The van der Waals surface area contributed by atoms with Gasteiger partial charge in [0.1, 0.15) is 7.85 Å². The van der Waals surface area contributed by atoms with Crippen LogP contribution < -0.4 is 0 Å². The first-order chi connectivity index (χ1) is 9.15. The molecule has 3 heteroatoms. The Morgan fingerprint density at radius 2 is 2.05 bits per heavy atom. The van der Waals surface area contributed by atoms with Gasteiger partial charge in [-0.1, -0.05) is 36.7 Å². The van der Waals surface area contributed by atoms with E-state index in [4.69, 9.17) is 0 Å². The van der Waals surface area contributed by atoms with Crippen LogP contribution in [0.2, 0.25) is 6.32 Å².